The predicted octanol–water partition coefficient (Wildman–Crippen LogP) is 2.16. The third-order valence-electron chi connectivity index (χ3n) is 2.64. The lowest BCUT2D eigenvalue weighted by Gasteiger charge is -2.06. The van der Waals surface area contributed by atoms with Crippen LogP contribution in [0.15, 0.2) is 24.3 Å². The molecule has 1 aromatic heterocycles. The molecular formula is C12H13NO2S. The average Bonchev–Trinajstić information content (AvgIpc) is 2.55. The Balaban J connectivity index is 2.43. The van der Waals surface area contributed by atoms with E-state index in [0.29, 0.717) is 6.42 Å². The summed E-state index contributed by atoms with van der Waals surface area (Å²) in [6, 6.07) is 7.19. The Morgan fingerprint density at radius 3 is 2.88 bits per heavy atom. The topological polar surface area (TPSA) is 63.3 Å². The highest BCUT2D eigenvalue weighted by molar-refractivity contribution is 7.19. The van der Waals surface area contributed by atoms with E-state index >= 15 is 0 Å². The van der Waals surface area contributed by atoms with Crippen LogP contribution < -0.4 is 5.73 Å². The average molecular weight is 235 g/mol. The van der Waals surface area contributed by atoms with E-state index in [0.717, 1.165) is 15.8 Å². The maximum atomic E-state index is 10.8. The van der Waals surface area contributed by atoms with Crippen LogP contribution in [0.1, 0.15) is 10.4 Å². The van der Waals surface area contributed by atoms with Gasteiger partial charge in [-0.1, -0.05) is 18.2 Å². The highest BCUT2D eigenvalue weighted by Crippen LogP contribution is 2.31. The zero-order valence-electron chi connectivity index (χ0n) is 8.93. The number of nitrogens with two attached hydrogens (primary N) is 1. The molecule has 16 heavy (non-hydrogen) atoms. The van der Waals surface area contributed by atoms with Gasteiger partial charge in [0.05, 0.1) is 0 Å². The number of carbonyl (C=O) groups is 1. The zero-order chi connectivity index (χ0) is 11.7. The standard InChI is InChI=1S/C12H13NO2S/c1-7-9(6-10(13)12(14)15)8-4-2-3-5-11(8)16-7/h2-5,10H,6,13H2,1H3,(H,14,15). The van der Waals surface area contributed by atoms with Gasteiger partial charge in [-0.25, -0.2) is 0 Å². The molecule has 0 fully saturated rings. The summed E-state index contributed by atoms with van der Waals surface area (Å²) in [4.78, 5) is 11.9. The van der Waals surface area contributed by atoms with Gasteiger partial charge >= 0.3 is 5.97 Å². The number of hydrogen-bond donors (Lipinski definition) is 2. The summed E-state index contributed by atoms with van der Waals surface area (Å²) in [7, 11) is 0. The van der Waals surface area contributed by atoms with Gasteiger partial charge in [-0.3, -0.25) is 4.79 Å². The number of thiophene rings is 1. The summed E-state index contributed by atoms with van der Waals surface area (Å²) in [5, 5.41) is 9.95. The number of aliphatic carboxylic acids is 1. The predicted molar refractivity (Wildman–Crippen MR) is 65.9 cm³/mol. The van der Waals surface area contributed by atoms with Crippen LogP contribution in [0.3, 0.4) is 0 Å². The maximum Gasteiger partial charge on any atom is 0.320 e. The SMILES string of the molecule is Cc1sc2ccccc2c1CC(N)C(=O)O. The van der Waals surface area contributed by atoms with Gasteiger partial charge in [0.1, 0.15) is 6.04 Å². The quantitative estimate of drug-likeness (QED) is 0.857. The molecule has 2 rings (SSSR count). The monoisotopic (exact) mass is 235 g/mol. The molecule has 3 N–H and O–H groups in total. The van der Waals surface area contributed by atoms with E-state index in [1.807, 2.05) is 31.2 Å². The van der Waals surface area contributed by atoms with Crippen LogP contribution in [0.2, 0.25) is 0 Å². The molecule has 0 aliphatic heterocycles. The Morgan fingerprint density at radius 1 is 1.50 bits per heavy atom. The van der Waals surface area contributed by atoms with E-state index in [1.54, 1.807) is 11.3 Å². The number of aryl methyl sites for hydroxylation is 1. The van der Waals surface area contributed by atoms with Crippen molar-refractivity contribution in [1.29, 1.82) is 0 Å². The molecule has 0 aliphatic carbocycles. The number of hydrogen-bond acceptors (Lipinski definition) is 3. The van der Waals surface area contributed by atoms with Gasteiger partial charge in [-0.2, -0.15) is 0 Å². The minimum atomic E-state index is -0.949. The van der Waals surface area contributed by atoms with Gasteiger partial charge in [-0.15, -0.1) is 11.3 Å². The van der Waals surface area contributed by atoms with Crippen molar-refractivity contribution in [3.05, 3.63) is 34.7 Å². The van der Waals surface area contributed by atoms with Crippen LogP contribution >= 0.6 is 11.3 Å². The second kappa shape index (κ2) is 4.23. The zero-order valence-corrected chi connectivity index (χ0v) is 9.75. The summed E-state index contributed by atoms with van der Waals surface area (Å²) in [6.45, 7) is 2.01. The Hall–Kier alpha value is -1.39. The molecule has 0 amide bonds. The lowest BCUT2D eigenvalue weighted by atomic mass is 10.0. The van der Waals surface area contributed by atoms with Gasteiger partial charge < -0.3 is 10.8 Å². The van der Waals surface area contributed by atoms with Crippen LogP contribution in [0, 0.1) is 6.92 Å². The van der Waals surface area contributed by atoms with Gasteiger partial charge in [-0.05, 0) is 30.4 Å². The molecule has 4 heteroatoms. The van der Waals surface area contributed by atoms with Crippen molar-refractivity contribution >= 4 is 27.4 Å². The third-order valence-corrected chi connectivity index (χ3v) is 3.77. The second-order valence-electron chi connectivity index (χ2n) is 3.78. The van der Waals surface area contributed by atoms with Crippen LogP contribution in [0.4, 0.5) is 0 Å². The molecule has 0 saturated heterocycles. The Kier molecular flexibility index (Phi) is 2.94. The van der Waals surface area contributed by atoms with Crippen molar-refractivity contribution < 1.29 is 9.90 Å². The van der Waals surface area contributed by atoms with E-state index < -0.39 is 12.0 Å². The molecular weight excluding hydrogens is 222 g/mol. The molecule has 0 bridgehead atoms. The fraction of sp³-hybridized carbons (Fsp3) is 0.250. The first-order valence-electron chi connectivity index (χ1n) is 5.05. The van der Waals surface area contributed by atoms with E-state index in [9.17, 15) is 4.79 Å². The van der Waals surface area contributed by atoms with Crippen LogP contribution in [0.25, 0.3) is 10.1 Å². The van der Waals surface area contributed by atoms with Crippen molar-refractivity contribution in [2.24, 2.45) is 5.73 Å². The summed E-state index contributed by atoms with van der Waals surface area (Å²) in [5.41, 5.74) is 6.64. The van der Waals surface area contributed by atoms with E-state index in [1.165, 1.54) is 4.70 Å². The van der Waals surface area contributed by atoms with Crippen LogP contribution in [0.5, 0.6) is 0 Å². The van der Waals surface area contributed by atoms with E-state index in [-0.39, 0.29) is 0 Å². The Morgan fingerprint density at radius 2 is 2.19 bits per heavy atom. The van der Waals surface area contributed by atoms with Crippen molar-refractivity contribution in [3.8, 4) is 0 Å². The highest BCUT2D eigenvalue weighted by atomic mass is 32.1. The van der Waals surface area contributed by atoms with E-state index in [4.69, 9.17) is 10.8 Å². The Bertz CT molecular complexity index is 533. The molecule has 1 unspecified atom stereocenters. The minimum Gasteiger partial charge on any atom is -0.480 e. The molecule has 1 atom stereocenters. The minimum absolute atomic E-state index is 0.394. The van der Waals surface area contributed by atoms with Crippen molar-refractivity contribution in [2.45, 2.75) is 19.4 Å². The fourth-order valence-electron chi connectivity index (χ4n) is 1.78. The van der Waals surface area contributed by atoms with Gasteiger partial charge in [0.2, 0.25) is 0 Å². The second-order valence-corrected chi connectivity index (χ2v) is 5.04. The van der Waals surface area contributed by atoms with Crippen LogP contribution in [-0.4, -0.2) is 17.1 Å². The first-order valence-corrected chi connectivity index (χ1v) is 5.86. The van der Waals surface area contributed by atoms with Gasteiger partial charge in [0, 0.05) is 9.58 Å². The molecule has 0 saturated carbocycles. The lowest BCUT2D eigenvalue weighted by Crippen LogP contribution is -2.32. The summed E-state index contributed by atoms with van der Waals surface area (Å²) in [6.07, 6.45) is 0.394. The van der Waals surface area contributed by atoms with Crippen molar-refractivity contribution in [1.82, 2.24) is 0 Å². The van der Waals surface area contributed by atoms with Gasteiger partial charge in [0.15, 0.2) is 0 Å². The maximum absolute atomic E-state index is 10.8. The lowest BCUT2D eigenvalue weighted by molar-refractivity contribution is -0.138. The molecule has 1 aromatic carbocycles. The highest BCUT2D eigenvalue weighted by Gasteiger charge is 2.16. The summed E-state index contributed by atoms with van der Waals surface area (Å²) >= 11 is 1.68. The summed E-state index contributed by atoms with van der Waals surface area (Å²) < 4.78 is 1.19. The smallest absolute Gasteiger partial charge is 0.320 e. The number of fused-ring (bicyclic) bond motifs is 1. The number of carboxylic acid groups (broad SMARTS) is 1. The first-order chi connectivity index (χ1) is 7.59. The third kappa shape index (κ3) is 1.94. The molecule has 3 nitrogen and oxygen atoms in total. The Labute approximate surface area is 97.5 Å². The molecule has 0 aliphatic rings. The fourth-order valence-corrected chi connectivity index (χ4v) is 2.88. The molecule has 1 heterocycles. The molecule has 0 radical (unpaired) electrons. The number of benzene rings is 1. The molecule has 84 valence electrons. The van der Waals surface area contributed by atoms with E-state index in [2.05, 4.69) is 0 Å². The first kappa shape index (κ1) is 11.1. The normalized spacial score (nSPS) is 12.9. The summed E-state index contributed by atoms with van der Waals surface area (Å²) in [5.74, 6) is -0.949. The number of carboxylic acids is 1. The molecule has 0 spiro atoms. The number of rotatable bonds is 3. The van der Waals surface area contributed by atoms with Crippen LogP contribution in [-0.2, 0) is 11.2 Å². The van der Waals surface area contributed by atoms with Crippen molar-refractivity contribution in [2.75, 3.05) is 0 Å². The largest absolute Gasteiger partial charge is 0.480 e. The van der Waals surface area contributed by atoms with Gasteiger partial charge in [0.25, 0.3) is 0 Å². The van der Waals surface area contributed by atoms with Crippen molar-refractivity contribution in [3.63, 3.8) is 0 Å². The molecule has 2 aromatic rings.